The molecule has 5 fully saturated rings. The van der Waals surface area contributed by atoms with Crippen LogP contribution in [-0.4, -0.2) is 92.7 Å². The van der Waals surface area contributed by atoms with Crippen LogP contribution in [0, 0.1) is 56.7 Å². The van der Waals surface area contributed by atoms with Crippen molar-refractivity contribution in [3.05, 3.63) is 48.2 Å². The SMILES string of the molecule is CC(C)[C@@H](C)[C@@]1(C)CC[C@]2(C)[C@H]3CC[C@@H]4[C@@]5(COC[C@]4(C)[C@@H](O[C@@H]4O[C@H](CO)[C@@H](O)[C@H](O)[C@H]4O)[C@H](n4ccc6ccccc64)C5)C3=CC[C@@]2(C)[C@@H]1C(=O)O. The number of para-hydroxylation sites is 1. The highest BCUT2D eigenvalue weighted by atomic mass is 16.7. The minimum atomic E-state index is -1.54. The van der Waals surface area contributed by atoms with E-state index in [1.807, 2.05) is 12.1 Å². The average Bonchev–Trinajstić information content (AvgIpc) is 3.56. The van der Waals surface area contributed by atoms with Crippen LogP contribution < -0.4 is 0 Å². The van der Waals surface area contributed by atoms with E-state index in [0.29, 0.717) is 32.0 Å². The quantitative estimate of drug-likeness (QED) is 0.171. The van der Waals surface area contributed by atoms with Gasteiger partial charge in [-0.2, -0.15) is 0 Å². The van der Waals surface area contributed by atoms with Crippen molar-refractivity contribution in [3.8, 4) is 0 Å². The third kappa shape index (κ3) is 5.12. The van der Waals surface area contributed by atoms with E-state index in [4.69, 9.17) is 14.2 Å². The Bertz CT molecular complexity index is 1790. The first-order valence-corrected chi connectivity index (χ1v) is 20.5. The molecular formula is C44H63NO9. The first-order valence-electron chi connectivity index (χ1n) is 20.5. The van der Waals surface area contributed by atoms with Crippen LogP contribution in [0.3, 0.4) is 0 Å². The highest BCUT2D eigenvalue weighted by molar-refractivity contribution is 5.80. The van der Waals surface area contributed by atoms with Gasteiger partial charge in [0.1, 0.15) is 24.4 Å². The third-order valence-corrected chi connectivity index (χ3v) is 17.2. The van der Waals surface area contributed by atoms with Crippen molar-refractivity contribution in [1.29, 1.82) is 0 Å². The number of nitrogens with zero attached hydrogens (tertiary/aromatic N) is 1. The Labute approximate surface area is 319 Å². The van der Waals surface area contributed by atoms with E-state index >= 15 is 0 Å². The Kier molecular flexibility index (Phi) is 9.36. The maximum absolute atomic E-state index is 13.6. The molecule has 3 heterocycles. The fourth-order valence-electron chi connectivity index (χ4n) is 13.8. The Balaban J connectivity index is 1.24. The highest BCUT2D eigenvalue weighted by Gasteiger charge is 2.72. The van der Waals surface area contributed by atoms with E-state index in [9.17, 15) is 30.3 Å². The van der Waals surface area contributed by atoms with E-state index < -0.39 is 66.1 Å². The van der Waals surface area contributed by atoms with Gasteiger partial charge in [-0.15, -0.1) is 0 Å². The number of ether oxygens (including phenoxy) is 3. The van der Waals surface area contributed by atoms with Crippen LogP contribution in [0.15, 0.2) is 48.2 Å². The highest BCUT2D eigenvalue weighted by Crippen LogP contribution is 2.75. The second kappa shape index (κ2) is 13.1. The monoisotopic (exact) mass is 749 g/mol. The van der Waals surface area contributed by atoms with Gasteiger partial charge in [-0.3, -0.25) is 4.79 Å². The normalized spacial score (nSPS) is 48.0. The number of aromatic nitrogens is 1. The summed E-state index contributed by atoms with van der Waals surface area (Å²) in [6, 6.07) is 10.2. The Morgan fingerprint density at radius 1 is 0.963 bits per heavy atom. The number of hydrogen-bond acceptors (Lipinski definition) is 8. The van der Waals surface area contributed by atoms with Crippen LogP contribution in [-0.2, 0) is 19.0 Å². The van der Waals surface area contributed by atoms with Gasteiger partial charge in [0.15, 0.2) is 6.29 Å². The molecule has 16 atom stereocenters. The zero-order valence-electron chi connectivity index (χ0n) is 33.1. The van der Waals surface area contributed by atoms with Crippen LogP contribution in [0.25, 0.3) is 10.9 Å². The van der Waals surface area contributed by atoms with Gasteiger partial charge >= 0.3 is 5.97 Å². The van der Waals surface area contributed by atoms with Crippen LogP contribution >= 0.6 is 0 Å². The number of aliphatic hydroxyl groups is 4. The summed E-state index contributed by atoms with van der Waals surface area (Å²) in [5.41, 5.74) is 0.677. The molecule has 3 saturated carbocycles. The second-order valence-electron chi connectivity index (χ2n) is 19.7. The van der Waals surface area contributed by atoms with Gasteiger partial charge in [0.05, 0.1) is 37.9 Å². The predicted molar refractivity (Wildman–Crippen MR) is 203 cm³/mol. The lowest BCUT2D eigenvalue weighted by Crippen LogP contribution is -2.70. The van der Waals surface area contributed by atoms with Crippen LogP contribution in [0.1, 0.15) is 93.0 Å². The van der Waals surface area contributed by atoms with Gasteiger partial charge < -0.3 is 44.3 Å². The molecule has 2 aliphatic heterocycles. The standard InChI is InChI=1S/C44H63NO9/c1-24(2)25(3)40(4)17-18-42(6)27-12-13-32-41(5)22-52-23-44(32,28(27)14-16-43(42,7)36(40)38(50)51)20-30(45-19-15-26-10-8-9-11-29(26)45)37(41)54-39-35(49)34(48)33(47)31(21-46)53-39/h8-11,14-15,19,24-25,27,30-37,39,46-49H,12-13,16-18,20-23H2,1-7H3,(H,50,51)/t25-,27+,30-,31-,32+,33-,34+,35-,36-,37+,39+,40-,41+,42-,43+,44+/m1/s1. The lowest BCUT2D eigenvalue weighted by Gasteiger charge is -2.71. The first-order chi connectivity index (χ1) is 25.5. The van der Waals surface area contributed by atoms with E-state index in [2.05, 4.69) is 83.5 Å². The first kappa shape index (κ1) is 38.6. The largest absolute Gasteiger partial charge is 0.481 e. The molecule has 0 radical (unpaired) electrons. The summed E-state index contributed by atoms with van der Waals surface area (Å²) in [6.07, 6.45) is 2.35. The van der Waals surface area contributed by atoms with Crippen molar-refractivity contribution in [3.63, 3.8) is 0 Å². The summed E-state index contributed by atoms with van der Waals surface area (Å²) in [5, 5.41) is 54.9. The molecule has 5 N–H and O–H groups in total. The maximum atomic E-state index is 13.6. The lowest BCUT2D eigenvalue weighted by molar-refractivity contribution is -0.342. The molecule has 10 nitrogen and oxygen atoms in total. The second-order valence-corrected chi connectivity index (χ2v) is 19.7. The zero-order chi connectivity index (χ0) is 38.7. The summed E-state index contributed by atoms with van der Waals surface area (Å²) < 4.78 is 22.0. The van der Waals surface area contributed by atoms with Crippen molar-refractivity contribution in [2.45, 2.75) is 130 Å². The van der Waals surface area contributed by atoms with Crippen molar-refractivity contribution in [2.75, 3.05) is 19.8 Å². The van der Waals surface area contributed by atoms with Crippen LogP contribution in [0.2, 0.25) is 0 Å². The van der Waals surface area contributed by atoms with Crippen LogP contribution in [0.5, 0.6) is 0 Å². The summed E-state index contributed by atoms with van der Waals surface area (Å²) in [5.74, 6) is -0.0996. The number of hydrogen-bond donors (Lipinski definition) is 5. The number of rotatable bonds is 7. The molecule has 6 aliphatic rings. The zero-order valence-corrected chi connectivity index (χ0v) is 33.1. The molecule has 8 rings (SSSR count). The van der Waals surface area contributed by atoms with Gasteiger partial charge in [0.2, 0.25) is 0 Å². The molecule has 2 aromatic rings. The van der Waals surface area contributed by atoms with Crippen molar-refractivity contribution in [2.24, 2.45) is 56.7 Å². The van der Waals surface area contributed by atoms with Crippen LogP contribution in [0.4, 0.5) is 0 Å². The van der Waals surface area contributed by atoms with Crippen molar-refractivity contribution >= 4 is 16.9 Å². The minimum Gasteiger partial charge on any atom is -0.481 e. The molecule has 1 aromatic carbocycles. The van der Waals surface area contributed by atoms with E-state index in [1.54, 1.807) is 0 Å². The topological polar surface area (TPSA) is 151 Å². The van der Waals surface area contributed by atoms with Crippen molar-refractivity contribution in [1.82, 2.24) is 4.57 Å². The Hall–Kier alpha value is -2.31. The number of aliphatic hydroxyl groups excluding tert-OH is 4. The number of aliphatic carboxylic acids is 1. The molecular weight excluding hydrogens is 686 g/mol. The molecule has 2 saturated heterocycles. The van der Waals surface area contributed by atoms with E-state index in [1.165, 1.54) is 5.57 Å². The number of benzene rings is 1. The van der Waals surface area contributed by atoms with Gasteiger partial charge in [0, 0.05) is 22.5 Å². The van der Waals surface area contributed by atoms with Gasteiger partial charge in [-0.25, -0.2) is 0 Å². The van der Waals surface area contributed by atoms with Gasteiger partial charge in [-0.1, -0.05) is 78.3 Å². The summed E-state index contributed by atoms with van der Waals surface area (Å²) in [6.45, 7) is 16.4. The maximum Gasteiger partial charge on any atom is 0.307 e. The molecule has 298 valence electrons. The molecule has 54 heavy (non-hydrogen) atoms. The Morgan fingerprint density at radius 3 is 2.41 bits per heavy atom. The number of fused-ring (bicyclic) bond motifs is 4. The molecule has 4 aliphatic carbocycles. The lowest BCUT2D eigenvalue weighted by atomic mass is 9.34. The number of allylic oxidation sites excluding steroid dienone is 1. The van der Waals surface area contributed by atoms with Gasteiger partial charge in [-0.05, 0) is 96.0 Å². The third-order valence-electron chi connectivity index (χ3n) is 17.2. The average molecular weight is 750 g/mol. The smallest absolute Gasteiger partial charge is 0.307 e. The number of carboxylic acids is 1. The number of carbonyl (C=O) groups is 1. The molecule has 2 bridgehead atoms. The molecule has 10 heteroatoms. The van der Waals surface area contributed by atoms with E-state index in [0.717, 1.165) is 36.6 Å². The fraction of sp³-hybridized carbons (Fsp3) is 0.750. The van der Waals surface area contributed by atoms with E-state index in [-0.39, 0.29) is 40.0 Å². The molecule has 0 amide bonds. The van der Waals surface area contributed by atoms with Gasteiger partial charge in [0.25, 0.3) is 0 Å². The minimum absolute atomic E-state index is 0.173. The fourth-order valence-corrected chi connectivity index (χ4v) is 13.8. The van der Waals surface area contributed by atoms with Crippen molar-refractivity contribution < 1.29 is 44.5 Å². The summed E-state index contributed by atoms with van der Waals surface area (Å²) in [4.78, 5) is 13.6. The molecule has 1 aromatic heterocycles. The summed E-state index contributed by atoms with van der Waals surface area (Å²) >= 11 is 0. The molecule has 0 unspecified atom stereocenters. The molecule has 0 spiro atoms. The Morgan fingerprint density at radius 2 is 1.70 bits per heavy atom. The summed E-state index contributed by atoms with van der Waals surface area (Å²) in [7, 11) is 0. The predicted octanol–water partition coefficient (Wildman–Crippen LogP) is 5.96. The number of carboxylic acid groups (broad SMARTS) is 1.